The third kappa shape index (κ3) is 4.76. The van der Waals surface area contributed by atoms with Crippen molar-refractivity contribution in [3.63, 3.8) is 0 Å². The van der Waals surface area contributed by atoms with Crippen LogP contribution >= 0.6 is 34.8 Å². The molecule has 0 aromatic heterocycles. The third-order valence-corrected chi connectivity index (χ3v) is 6.94. The van der Waals surface area contributed by atoms with Gasteiger partial charge in [0.2, 0.25) is 5.91 Å². The summed E-state index contributed by atoms with van der Waals surface area (Å²) in [5, 5.41) is 5.20. The molecule has 1 fully saturated rings. The van der Waals surface area contributed by atoms with Gasteiger partial charge >= 0.3 is 0 Å². The second kappa shape index (κ2) is 9.17. The summed E-state index contributed by atoms with van der Waals surface area (Å²) < 4.78 is 26.8. The van der Waals surface area contributed by atoms with Gasteiger partial charge in [0.1, 0.15) is 16.0 Å². The number of rotatable bonds is 5. The van der Waals surface area contributed by atoms with Crippen molar-refractivity contribution in [3.05, 3.63) is 93.5 Å². The van der Waals surface area contributed by atoms with Crippen LogP contribution in [0.4, 0.5) is 20.2 Å². The summed E-state index contributed by atoms with van der Waals surface area (Å²) >= 11 is 18.5. The first-order valence-corrected chi connectivity index (χ1v) is 11.4. The first-order chi connectivity index (χ1) is 16.0. The van der Waals surface area contributed by atoms with E-state index in [0.29, 0.717) is 11.3 Å². The number of benzene rings is 3. The molecule has 1 aliphatic rings. The minimum atomic E-state index is -1.42. The molecule has 4 rings (SSSR count). The molecular weight excluding hydrogens is 505 g/mol. The molecular formula is C25H19Cl3F2N2O2. The Morgan fingerprint density at radius 1 is 0.912 bits per heavy atom. The van der Waals surface area contributed by atoms with Crippen LogP contribution in [-0.2, 0) is 4.79 Å². The summed E-state index contributed by atoms with van der Waals surface area (Å²) in [6.07, 6.45) is 0. The monoisotopic (exact) mass is 522 g/mol. The van der Waals surface area contributed by atoms with E-state index in [1.54, 1.807) is 12.1 Å². The second-order valence-corrected chi connectivity index (χ2v) is 10.1. The Morgan fingerprint density at radius 2 is 1.59 bits per heavy atom. The molecule has 1 aliphatic carbocycles. The molecule has 0 heterocycles. The first-order valence-electron chi connectivity index (χ1n) is 10.3. The van der Waals surface area contributed by atoms with E-state index >= 15 is 0 Å². The van der Waals surface area contributed by atoms with Crippen molar-refractivity contribution in [1.29, 1.82) is 0 Å². The molecule has 2 unspecified atom stereocenters. The van der Waals surface area contributed by atoms with Gasteiger partial charge in [-0.1, -0.05) is 35.4 Å². The van der Waals surface area contributed by atoms with Crippen molar-refractivity contribution in [2.24, 2.45) is 5.92 Å². The number of hydrogen-bond donors (Lipinski definition) is 2. The molecule has 0 bridgehead atoms. The Morgan fingerprint density at radius 3 is 2.24 bits per heavy atom. The maximum absolute atomic E-state index is 14.7. The van der Waals surface area contributed by atoms with Crippen LogP contribution in [0.25, 0.3) is 0 Å². The van der Waals surface area contributed by atoms with Crippen LogP contribution in [0, 0.1) is 31.4 Å². The Kier molecular flexibility index (Phi) is 6.60. The minimum absolute atomic E-state index is 0.105. The van der Waals surface area contributed by atoms with Crippen molar-refractivity contribution >= 4 is 58.0 Å². The van der Waals surface area contributed by atoms with Crippen LogP contribution in [0.5, 0.6) is 0 Å². The largest absolute Gasteiger partial charge is 0.326 e. The molecule has 9 heteroatoms. The van der Waals surface area contributed by atoms with E-state index < -0.39 is 39.6 Å². The SMILES string of the molecule is Cc1ccc(NC(=O)c2cc(NC(=O)C3C(c4ccc(F)c(Cl)c4)C3(Cl)Cl)cc(C)c2F)cc1. The van der Waals surface area contributed by atoms with Crippen LogP contribution in [0.3, 0.4) is 0 Å². The predicted molar refractivity (Wildman–Crippen MR) is 131 cm³/mol. The summed E-state index contributed by atoms with van der Waals surface area (Å²) in [5.74, 6) is -3.94. The molecule has 0 radical (unpaired) electrons. The van der Waals surface area contributed by atoms with Crippen molar-refractivity contribution in [1.82, 2.24) is 0 Å². The lowest BCUT2D eigenvalue weighted by atomic mass is 10.1. The fraction of sp³-hybridized carbons (Fsp3) is 0.200. The lowest BCUT2D eigenvalue weighted by Crippen LogP contribution is -2.19. The zero-order valence-electron chi connectivity index (χ0n) is 18.1. The number of alkyl halides is 2. The Hall–Kier alpha value is -2.67. The number of carbonyl (C=O) groups is 2. The lowest BCUT2D eigenvalue weighted by Gasteiger charge is -2.12. The first kappa shape index (κ1) is 24.5. The maximum Gasteiger partial charge on any atom is 0.258 e. The van der Waals surface area contributed by atoms with Gasteiger partial charge in [0.25, 0.3) is 5.91 Å². The van der Waals surface area contributed by atoms with Gasteiger partial charge < -0.3 is 10.6 Å². The average Bonchev–Trinajstić information content (AvgIpc) is 3.36. The summed E-state index contributed by atoms with van der Waals surface area (Å²) in [6, 6.07) is 13.7. The summed E-state index contributed by atoms with van der Waals surface area (Å²) in [6.45, 7) is 3.40. The molecule has 34 heavy (non-hydrogen) atoms. The molecule has 0 spiro atoms. The van der Waals surface area contributed by atoms with Gasteiger partial charge in [-0.25, -0.2) is 8.78 Å². The van der Waals surface area contributed by atoms with Gasteiger partial charge in [0, 0.05) is 17.3 Å². The van der Waals surface area contributed by atoms with Crippen molar-refractivity contribution in [3.8, 4) is 0 Å². The smallest absolute Gasteiger partial charge is 0.258 e. The summed E-state index contributed by atoms with van der Waals surface area (Å²) in [5.41, 5.74) is 2.20. The Bertz CT molecular complexity index is 1300. The topological polar surface area (TPSA) is 58.2 Å². The highest BCUT2D eigenvalue weighted by atomic mass is 35.5. The van der Waals surface area contributed by atoms with E-state index in [-0.39, 0.29) is 21.8 Å². The van der Waals surface area contributed by atoms with Crippen LogP contribution in [0.15, 0.2) is 54.6 Å². The van der Waals surface area contributed by atoms with Crippen LogP contribution in [0.1, 0.15) is 33.0 Å². The fourth-order valence-electron chi connectivity index (χ4n) is 3.84. The highest BCUT2D eigenvalue weighted by Gasteiger charge is 2.67. The van der Waals surface area contributed by atoms with E-state index in [4.69, 9.17) is 34.8 Å². The number of aryl methyl sites for hydroxylation is 2. The second-order valence-electron chi connectivity index (χ2n) is 8.27. The maximum atomic E-state index is 14.7. The zero-order valence-corrected chi connectivity index (χ0v) is 20.3. The number of anilines is 2. The van der Waals surface area contributed by atoms with Crippen LogP contribution in [0.2, 0.25) is 5.02 Å². The minimum Gasteiger partial charge on any atom is -0.326 e. The van der Waals surface area contributed by atoms with E-state index in [9.17, 15) is 18.4 Å². The van der Waals surface area contributed by atoms with Gasteiger partial charge in [0.05, 0.1) is 16.5 Å². The Balaban J connectivity index is 1.54. The van der Waals surface area contributed by atoms with Gasteiger partial charge in [-0.05, 0) is 61.4 Å². The normalized spacial score (nSPS) is 18.3. The van der Waals surface area contributed by atoms with Crippen molar-refractivity contribution in [2.75, 3.05) is 10.6 Å². The summed E-state index contributed by atoms with van der Waals surface area (Å²) in [4.78, 5) is 25.7. The zero-order chi connectivity index (χ0) is 24.8. The quantitative estimate of drug-likeness (QED) is 0.353. The van der Waals surface area contributed by atoms with Gasteiger partial charge in [-0.15, -0.1) is 23.2 Å². The van der Waals surface area contributed by atoms with Crippen molar-refractivity contribution < 1.29 is 18.4 Å². The molecule has 2 amide bonds. The number of halogens is 5. The number of amides is 2. The van der Waals surface area contributed by atoms with E-state index in [1.807, 2.05) is 19.1 Å². The molecule has 2 atom stereocenters. The van der Waals surface area contributed by atoms with Gasteiger partial charge in [-0.3, -0.25) is 9.59 Å². The standard InChI is InChI=1S/C25H19Cl3F2N2O2/c1-12-3-6-15(7-4-12)31-23(33)17-11-16(9-13(2)22(17)30)32-24(34)21-20(25(21,27)28)14-5-8-19(29)18(26)10-14/h3-11,20-21H,1-2H3,(H,31,33)(H,32,34). The highest BCUT2D eigenvalue weighted by molar-refractivity contribution is 6.53. The van der Waals surface area contributed by atoms with Crippen LogP contribution in [-0.4, -0.2) is 16.1 Å². The van der Waals surface area contributed by atoms with Crippen LogP contribution < -0.4 is 10.6 Å². The number of carbonyl (C=O) groups excluding carboxylic acids is 2. The average molecular weight is 524 g/mol. The van der Waals surface area contributed by atoms with Gasteiger partial charge in [0.15, 0.2) is 0 Å². The number of hydrogen-bond acceptors (Lipinski definition) is 2. The molecule has 1 saturated carbocycles. The third-order valence-electron chi connectivity index (χ3n) is 5.71. The molecule has 4 nitrogen and oxygen atoms in total. The molecule has 176 valence electrons. The predicted octanol–water partition coefficient (Wildman–Crippen LogP) is 7.01. The molecule has 0 saturated heterocycles. The molecule has 3 aromatic rings. The molecule has 2 N–H and O–H groups in total. The van der Waals surface area contributed by atoms with E-state index in [0.717, 1.165) is 5.56 Å². The fourth-order valence-corrected chi connectivity index (χ4v) is 4.85. The lowest BCUT2D eigenvalue weighted by molar-refractivity contribution is -0.117. The summed E-state index contributed by atoms with van der Waals surface area (Å²) in [7, 11) is 0. The van der Waals surface area contributed by atoms with E-state index in [2.05, 4.69) is 10.6 Å². The van der Waals surface area contributed by atoms with Gasteiger partial charge in [-0.2, -0.15) is 0 Å². The molecule has 0 aliphatic heterocycles. The Labute approximate surface area is 210 Å². The highest BCUT2D eigenvalue weighted by Crippen LogP contribution is 2.65. The number of nitrogens with one attached hydrogen (secondary N) is 2. The van der Waals surface area contributed by atoms with Crippen molar-refractivity contribution in [2.45, 2.75) is 24.1 Å². The van der Waals surface area contributed by atoms with E-state index in [1.165, 1.54) is 37.3 Å². The molecule has 3 aromatic carbocycles.